The van der Waals surface area contributed by atoms with Crippen molar-refractivity contribution < 1.29 is 14.7 Å². The van der Waals surface area contributed by atoms with Crippen molar-refractivity contribution in [1.29, 1.82) is 0 Å². The standard InChI is InChI=1S/C11H14N2O3/c1-13(2)11(15)16-12-7-9-3-5-10(8-14)6-4-9/h3-7,14H,8H2,1-2H3/b12-7+. The van der Waals surface area contributed by atoms with Crippen LogP contribution < -0.4 is 0 Å². The van der Waals surface area contributed by atoms with Gasteiger partial charge in [-0.2, -0.15) is 0 Å². The first-order valence-corrected chi connectivity index (χ1v) is 4.75. The third kappa shape index (κ3) is 3.70. The van der Waals surface area contributed by atoms with E-state index in [-0.39, 0.29) is 6.61 Å². The van der Waals surface area contributed by atoms with Crippen LogP contribution in [0.4, 0.5) is 4.79 Å². The van der Waals surface area contributed by atoms with Gasteiger partial charge in [0.15, 0.2) is 0 Å². The molecule has 5 nitrogen and oxygen atoms in total. The molecule has 16 heavy (non-hydrogen) atoms. The number of carbonyl (C=O) groups excluding carboxylic acids is 1. The van der Waals surface area contributed by atoms with E-state index in [9.17, 15) is 4.79 Å². The highest BCUT2D eigenvalue weighted by Gasteiger charge is 2.02. The van der Waals surface area contributed by atoms with E-state index < -0.39 is 6.09 Å². The van der Waals surface area contributed by atoms with E-state index in [1.165, 1.54) is 11.1 Å². The van der Waals surface area contributed by atoms with E-state index in [4.69, 9.17) is 5.11 Å². The molecule has 5 heteroatoms. The summed E-state index contributed by atoms with van der Waals surface area (Å²) >= 11 is 0. The van der Waals surface area contributed by atoms with Gasteiger partial charge in [0.25, 0.3) is 0 Å². The van der Waals surface area contributed by atoms with Crippen LogP contribution in [0.5, 0.6) is 0 Å². The lowest BCUT2D eigenvalue weighted by molar-refractivity contribution is 0.123. The predicted molar refractivity (Wildman–Crippen MR) is 60.1 cm³/mol. The summed E-state index contributed by atoms with van der Waals surface area (Å²) in [5.41, 5.74) is 1.62. The second-order valence-corrected chi connectivity index (χ2v) is 3.39. The van der Waals surface area contributed by atoms with Crippen LogP contribution in [0, 0.1) is 0 Å². The monoisotopic (exact) mass is 222 g/mol. The van der Waals surface area contributed by atoms with Crippen molar-refractivity contribution in [2.75, 3.05) is 14.1 Å². The van der Waals surface area contributed by atoms with Crippen molar-refractivity contribution in [3.8, 4) is 0 Å². The average Bonchev–Trinajstić information content (AvgIpc) is 2.29. The van der Waals surface area contributed by atoms with Crippen molar-refractivity contribution in [3.63, 3.8) is 0 Å². The molecule has 0 saturated heterocycles. The Bertz CT molecular complexity index is 371. The number of nitrogens with zero attached hydrogens (tertiary/aromatic N) is 2. The van der Waals surface area contributed by atoms with E-state index in [2.05, 4.69) is 9.99 Å². The summed E-state index contributed by atoms with van der Waals surface area (Å²) in [5.74, 6) is 0. The fourth-order valence-corrected chi connectivity index (χ4v) is 0.923. The lowest BCUT2D eigenvalue weighted by Gasteiger charge is -2.05. The molecule has 1 amide bonds. The topological polar surface area (TPSA) is 62.1 Å². The minimum absolute atomic E-state index is 0.00698. The smallest absolute Gasteiger partial charge is 0.392 e. The predicted octanol–water partition coefficient (Wildman–Crippen LogP) is 1.21. The van der Waals surface area contributed by atoms with Gasteiger partial charge in [0.05, 0.1) is 12.8 Å². The lowest BCUT2D eigenvalue weighted by Crippen LogP contribution is -2.20. The molecule has 0 bridgehead atoms. The third-order valence-corrected chi connectivity index (χ3v) is 1.86. The van der Waals surface area contributed by atoms with Gasteiger partial charge in [-0.25, -0.2) is 4.79 Å². The molecule has 0 unspecified atom stereocenters. The molecule has 0 aliphatic carbocycles. The van der Waals surface area contributed by atoms with Gasteiger partial charge in [-0.3, -0.25) is 4.84 Å². The van der Waals surface area contributed by atoms with Gasteiger partial charge >= 0.3 is 6.09 Å². The van der Waals surface area contributed by atoms with Crippen LogP contribution in [0.1, 0.15) is 11.1 Å². The number of hydrogen-bond donors (Lipinski definition) is 1. The average molecular weight is 222 g/mol. The molecule has 1 N–H and O–H groups in total. The Balaban J connectivity index is 2.53. The number of benzene rings is 1. The van der Waals surface area contributed by atoms with Crippen molar-refractivity contribution in [2.24, 2.45) is 5.16 Å². The van der Waals surface area contributed by atoms with Crippen LogP contribution in [0.2, 0.25) is 0 Å². The van der Waals surface area contributed by atoms with Gasteiger partial charge in [0.1, 0.15) is 0 Å². The summed E-state index contributed by atoms with van der Waals surface area (Å²) < 4.78 is 0. The second kappa shape index (κ2) is 5.87. The SMILES string of the molecule is CN(C)C(=O)O/N=C/c1ccc(CO)cc1. The zero-order valence-corrected chi connectivity index (χ0v) is 9.25. The summed E-state index contributed by atoms with van der Waals surface area (Å²) in [4.78, 5) is 16.8. The molecule has 0 radical (unpaired) electrons. The van der Waals surface area contributed by atoms with Crippen molar-refractivity contribution in [2.45, 2.75) is 6.61 Å². The number of rotatable bonds is 3. The Hall–Kier alpha value is -1.88. The number of hydrogen-bond acceptors (Lipinski definition) is 4. The minimum atomic E-state index is -0.525. The zero-order valence-electron chi connectivity index (χ0n) is 9.25. The molecule has 0 atom stereocenters. The fourth-order valence-electron chi connectivity index (χ4n) is 0.923. The highest BCUT2D eigenvalue weighted by molar-refractivity contribution is 5.80. The van der Waals surface area contributed by atoms with Gasteiger partial charge in [-0.1, -0.05) is 29.4 Å². The molecule has 0 aromatic heterocycles. The number of oxime groups is 1. The molecule has 0 saturated carbocycles. The first kappa shape index (κ1) is 12.2. The van der Waals surface area contributed by atoms with Crippen LogP contribution in [0.15, 0.2) is 29.4 Å². The largest absolute Gasteiger partial charge is 0.435 e. The van der Waals surface area contributed by atoms with Gasteiger partial charge in [0.2, 0.25) is 0 Å². The quantitative estimate of drug-likeness (QED) is 0.475. The number of aliphatic hydroxyl groups excluding tert-OH is 1. The van der Waals surface area contributed by atoms with Crippen LogP contribution in [0.3, 0.4) is 0 Å². The Morgan fingerprint density at radius 3 is 2.56 bits per heavy atom. The maximum absolute atomic E-state index is 11.0. The van der Waals surface area contributed by atoms with Crippen LogP contribution in [-0.2, 0) is 11.4 Å². The third-order valence-electron chi connectivity index (χ3n) is 1.86. The first-order valence-electron chi connectivity index (χ1n) is 4.75. The van der Waals surface area contributed by atoms with Crippen molar-refractivity contribution >= 4 is 12.3 Å². The Morgan fingerprint density at radius 1 is 1.44 bits per heavy atom. The van der Waals surface area contributed by atoms with Gasteiger partial charge in [-0.15, -0.1) is 0 Å². The van der Waals surface area contributed by atoms with Crippen LogP contribution >= 0.6 is 0 Å². The minimum Gasteiger partial charge on any atom is -0.392 e. The van der Waals surface area contributed by atoms with Crippen molar-refractivity contribution in [1.82, 2.24) is 4.90 Å². The van der Waals surface area contributed by atoms with E-state index >= 15 is 0 Å². The van der Waals surface area contributed by atoms with Gasteiger partial charge in [-0.05, 0) is 11.1 Å². The molecule has 0 aliphatic heterocycles. The highest BCUT2D eigenvalue weighted by atomic mass is 16.7. The Kier molecular flexibility index (Phi) is 4.47. The molecule has 1 aromatic rings. The number of aliphatic hydroxyl groups is 1. The summed E-state index contributed by atoms with van der Waals surface area (Å²) in [6.07, 6.45) is 0.908. The maximum Gasteiger partial charge on any atom is 0.435 e. The first-order chi connectivity index (χ1) is 7.63. The summed E-state index contributed by atoms with van der Waals surface area (Å²) in [5, 5.41) is 12.4. The summed E-state index contributed by atoms with van der Waals surface area (Å²) in [6.45, 7) is 0.00698. The van der Waals surface area contributed by atoms with E-state index in [1.807, 2.05) is 0 Å². The molecule has 1 rings (SSSR count). The van der Waals surface area contributed by atoms with E-state index in [0.717, 1.165) is 11.1 Å². The number of amides is 1. The van der Waals surface area contributed by atoms with Gasteiger partial charge < -0.3 is 10.0 Å². The Labute approximate surface area is 93.9 Å². The normalized spacial score (nSPS) is 10.4. The molecule has 0 aliphatic rings. The van der Waals surface area contributed by atoms with E-state index in [1.54, 1.807) is 38.4 Å². The summed E-state index contributed by atoms with van der Waals surface area (Å²) in [6, 6.07) is 7.10. The van der Waals surface area contributed by atoms with Gasteiger partial charge in [0, 0.05) is 14.1 Å². The molecular weight excluding hydrogens is 208 g/mol. The lowest BCUT2D eigenvalue weighted by atomic mass is 10.2. The van der Waals surface area contributed by atoms with Crippen LogP contribution in [0.25, 0.3) is 0 Å². The highest BCUT2D eigenvalue weighted by Crippen LogP contribution is 2.02. The molecule has 86 valence electrons. The number of carbonyl (C=O) groups is 1. The molecule has 0 fully saturated rings. The fraction of sp³-hybridized carbons (Fsp3) is 0.273. The molecule has 1 aromatic carbocycles. The van der Waals surface area contributed by atoms with Crippen LogP contribution in [-0.4, -0.2) is 36.4 Å². The summed E-state index contributed by atoms with van der Waals surface area (Å²) in [7, 11) is 3.15. The molecule has 0 spiro atoms. The molecule has 0 heterocycles. The Morgan fingerprint density at radius 2 is 2.06 bits per heavy atom. The van der Waals surface area contributed by atoms with E-state index in [0.29, 0.717) is 0 Å². The zero-order chi connectivity index (χ0) is 12.0. The maximum atomic E-state index is 11.0. The second-order valence-electron chi connectivity index (χ2n) is 3.39. The van der Waals surface area contributed by atoms with Crippen molar-refractivity contribution in [3.05, 3.63) is 35.4 Å². The molecular formula is C11H14N2O3.